The van der Waals surface area contributed by atoms with Gasteiger partial charge in [-0.1, -0.05) is 18.2 Å². The van der Waals surface area contributed by atoms with Crippen LogP contribution in [0.5, 0.6) is 0 Å². The van der Waals surface area contributed by atoms with Gasteiger partial charge in [-0.25, -0.2) is 9.78 Å². The second kappa shape index (κ2) is 7.64. The SMILES string of the molecule is Cc1ccc(NC(=O)N2CCN(Cc3nc4ccccc4n3C)CC2)cc1C. The summed E-state index contributed by atoms with van der Waals surface area (Å²) in [4.78, 5) is 21.6. The Morgan fingerprint density at radius 3 is 2.50 bits per heavy atom. The normalized spacial score (nSPS) is 15.2. The zero-order chi connectivity index (χ0) is 19.7. The van der Waals surface area contributed by atoms with Gasteiger partial charge in [0.25, 0.3) is 0 Å². The largest absolute Gasteiger partial charge is 0.330 e. The van der Waals surface area contributed by atoms with Crippen LogP contribution in [0.15, 0.2) is 42.5 Å². The van der Waals surface area contributed by atoms with Crippen molar-refractivity contribution >= 4 is 22.8 Å². The van der Waals surface area contributed by atoms with Crippen LogP contribution in [-0.2, 0) is 13.6 Å². The Bertz CT molecular complexity index is 1000. The van der Waals surface area contributed by atoms with E-state index in [0.29, 0.717) is 0 Å². The molecule has 2 amide bonds. The first-order valence-electron chi connectivity index (χ1n) is 9.77. The van der Waals surface area contributed by atoms with Crippen LogP contribution in [-0.4, -0.2) is 51.6 Å². The highest BCUT2D eigenvalue weighted by atomic mass is 16.2. The van der Waals surface area contributed by atoms with E-state index in [1.54, 1.807) is 0 Å². The number of carbonyl (C=O) groups excluding carboxylic acids is 1. The molecule has 0 bridgehead atoms. The fraction of sp³-hybridized carbons (Fsp3) is 0.364. The number of carbonyl (C=O) groups is 1. The third kappa shape index (κ3) is 3.73. The van der Waals surface area contributed by atoms with Crippen LogP contribution < -0.4 is 5.32 Å². The van der Waals surface area contributed by atoms with Gasteiger partial charge in [0, 0.05) is 38.9 Å². The number of nitrogens with zero attached hydrogens (tertiary/aromatic N) is 4. The summed E-state index contributed by atoms with van der Waals surface area (Å²) in [5.41, 5.74) is 5.46. The summed E-state index contributed by atoms with van der Waals surface area (Å²) >= 11 is 0. The van der Waals surface area contributed by atoms with Crippen LogP contribution in [0.3, 0.4) is 0 Å². The number of hydrogen-bond acceptors (Lipinski definition) is 3. The topological polar surface area (TPSA) is 53.4 Å². The summed E-state index contributed by atoms with van der Waals surface area (Å²) in [6.07, 6.45) is 0. The van der Waals surface area contributed by atoms with Gasteiger partial charge in [0.15, 0.2) is 0 Å². The molecule has 1 N–H and O–H groups in total. The van der Waals surface area contributed by atoms with Crippen LogP contribution in [0.25, 0.3) is 11.0 Å². The number of benzene rings is 2. The van der Waals surface area contributed by atoms with Crippen LogP contribution in [0, 0.1) is 13.8 Å². The maximum Gasteiger partial charge on any atom is 0.321 e. The number of aromatic nitrogens is 2. The summed E-state index contributed by atoms with van der Waals surface area (Å²) in [6, 6.07) is 14.2. The molecule has 6 nitrogen and oxygen atoms in total. The highest BCUT2D eigenvalue weighted by Gasteiger charge is 2.22. The van der Waals surface area contributed by atoms with Gasteiger partial charge in [-0.3, -0.25) is 4.90 Å². The van der Waals surface area contributed by atoms with Crippen molar-refractivity contribution in [3.63, 3.8) is 0 Å². The van der Waals surface area contributed by atoms with E-state index in [2.05, 4.69) is 41.7 Å². The first kappa shape index (κ1) is 18.5. The molecule has 0 atom stereocenters. The average Bonchev–Trinajstić information content (AvgIpc) is 3.01. The van der Waals surface area contributed by atoms with Crippen molar-refractivity contribution in [1.82, 2.24) is 19.4 Å². The lowest BCUT2D eigenvalue weighted by Crippen LogP contribution is -2.49. The van der Waals surface area contributed by atoms with Gasteiger partial charge < -0.3 is 14.8 Å². The minimum Gasteiger partial charge on any atom is -0.330 e. The molecule has 1 aliphatic rings. The van der Waals surface area contributed by atoms with Gasteiger partial charge in [0.1, 0.15) is 5.82 Å². The van der Waals surface area contributed by atoms with E-state index in [-0.39, 0.29) is 6.03 Å². The zero-order valence-corrected chi connectivity index (χ0v) is 16.8. The third-order valence-electron chi connectivity index (χ3n) is 5.66. The Morgan fingerprint density at radius 2 is 1.79 bits per heavy atom. The van der Waals surface area contributed by atoms with Crippen LogP contribution in [0.1, 0.15) is 17.0 Å². The van der Waals surface area contributed by atoms with E-state index in [0.717, 1.165) is 55.3 Å². The third-order valence-corrected chi connectivity index (χ3v) is 5.66. The van der Waals surface area contributed by atoms with Gasteiger partial charge in [0.2, 0.25) is 0 Å². The summed E-state index contributed by atoms with van der Waals surface area (Å²) in [6.45, 7) is 8.09. The summed E-state index contributed by atoms with van der Waals surface area (Å²) in [5.74, 6) is 1.06. The molecule has 6 heteroatoms. The Labute approximate surface area is 165 Å². The van der Waals surface area contributed by atoms with Crippen LogP contribution in [0.2, 0.25) is 0 Å². The number of anilines is 1. The molecule has 0 saturated carbocycles. The number of imidazole rings is 1. The molecule has 1 fully saturated rings. The first-order chi connectivity index (χ1) is 13.5. The van der Waals surface area contributed by atoms with E-state index < -0.39 is 0 Å². The van der Waals surface area contributed by atoms with Gasteiger partial charge in [-0.15, -0.1) is 0 Å². The van der Waals surface area contributed by atoms with Crippen molar-refractivity contribution in [2.45, 2.75) is 20.4 Å². The summed E-state index contributed by atoms with van der Waals surface area (Å²) in [7, 11) is 2.07. The van der Waals surface area contributed by atoms with E-state index in [1.807, 2.05) is 41.3 Å². The molecule has 0 radical (unpaired) electrons. The van der Waals surface area contributed by atoms with Crippen molar-refractivity contribution in [3.05, 3.63) is 59.4 Å². The van der Waals surface area contributed by atoms with Crippen molar-refractivity contribution in [3.8, 4) is 0 Å². The van der Waals surface area contributed by atoms with Gasteiger partial charge in [-0.05, 0) is 49.2 Å². The number of para-hydroxylation sites is 2. The van der Waals surface area contributed by atoms with Crippen molar-refractivity contribution in [2.24, 2.45) is 7.05 Å². The standard InChI is InChI=1S/C22H27N5O/c1-16-8-9-18(14-17(16)2)23-22(28)27-12-10-26(11-13-27)15-21-24-19-6-4-5-7-20(19)25(21)3/h4-9,14H,10-13,15H2,1-3H3,(H,23,28). The number of aryl methyl sites for hydroxylation is 3. The van der Waals surface area contributed by atoms with Gasteiger partial charge in [0.05, 0.1) is 17.6 Å². The number of rotatable bonds is 3. The highest BCUT2D eigenvalue weighted by molar-refractivity contribution is 5.89. The second-order valence-corrected chi connectivity index (χ2v) is 7.57. The number of piperazine rings is 1. The molecule has 0 spiro atoms. The average molecular weight is 377 g/mol. The second-order valence-electron chi connectivity index (χ2n) is 7.57. The number of nitrogens with one attached hydrogen (secondary N) is 1. The number of urea groups is 1. The Kier molecular flexibility index (Phi) is 5.05. The predicted octanol–water partition coefficient (Wildman–Crippen LogP) is 3.54. The lowest BCUT2D eigenvalue weighted by Gasteiger charge is -2.34. The van der Waals surface area contributed by atoms with Crippen LogP contribution >= 0.6 is 0 Å². The van der Waals surface area contributed by atoms with E-state index in [9.17, 15) is 4.79 Å². The minimum absolute atomic E-state index is 0.0226. The van der Waals surface area contributed by atoms with E-state index in [4.69, 9.17) is 4.98 Å². The first-order valence-corrected chi connectivity index (χ1v) is 9.77. The fourth-order valence-electron chi connectivity index (χ4n) is 3.67. The molecule has 1 aromatic heterocycles. The number of hydrogen-bond donors (Lipinski definition) is 1. The molecule has 2 aromatic carbocycles. The quantitative estimate of drug-likeness (QED) is 0.760. The van der Waals surface area contributed by atoms with E-state index >= 15 is 0 Å². The van der Waals surface area contributed by atoms with Gasteiger partial charge >= 0.3 is 6.03 Å². The molecule has 28 heavy (non-hydrogen) atoms. The fourth-order valence-corrected chi connectivity index (χ4v) is 3.67. The summed E-state index contributed by atoms with van der Waals surface area (Å²) < 4.78 is 2.16. The van der Waals surface area contributed by atoms with E-state index in [1.165, 1.54) is 11.1 Å². The van der Waals surface area contributed by atoms with Crippen molar-refractivity contribution in [2.75, 3.05) is 31.5 Å². The molecule has 3 aromatic rings. The molecular weight excluding hydrogens is 350 g/mol. The zero-order valence-electron chi connectivity index (χ0n) is 16.8. The smallest absolute Gasteiger partial charge is 0.321 e. The Balaban J connectivity index is 1.34. The summed E-state index contributed by atoms with van der Waals surface area (Å²) in [5, 5.41) is 3.02. The lowest BCUT2D eigenvalue weighted by atomic mass is 10.1. The molecular formula is C22H27N5O. The minimum atomic E-state index is -0.0226. The number of fused-ring (bicyclic) bond motifs is 1. The molecule has 0 aliphatic carbocycles. The van der Waals surface area contributed by atoms with Crippen LogP contribution in [0.4, 0.5) is 10.5 Å². The highest BCUT2D eigenvalue weighted by Crippen LogP contribution is 2.17. The number of amides is 2. The maximum absolute atomic E-state index is 12.6. The molecule has 2 heterocycles. The van der Waals surface area contributed by atoms with Crippen molar-refractivity contribution < 1.29 is 4.79 Å². The Hall–Kier alpha value is -2.86. The molecule has 0 unspecified atom stereocenters. The van der Waals surface area contributed by atoms with Crippen molar-refractivity contribution in [1.29, 1.82) is 0 Å². The monoisotopic (exact) mass is 377 g/mol. The molecule has 146 valence electrons. The lowest BCUT2D eigenvalue weighted by molar-refractivity contribution is 0.140. The molecule has 4 rings (SSSR count). The Morgan fingerprint density at radius 1 is 1.04 bits per heavy atom. The van der Waals surface area contributed by atoms with Gasteiger partial charge in [-0.2, -0.15) is 0 Å². The maximum atomic E-state index is 12.6. The molecule has 1 saturated heterocycles. The molecule has 1 aliphatic heterocycles. The predicted molar refractivity (Wildman–Crippen MR) is 112 cm³/mol.